The van der Waals surface area contributed by atoms with Crippen molar-refractivity contribution in [2.24, 2.45) is 11.8 Å². The lowest BCUT2D eigenvalue weighted by Crippen LogP contribution is -2.30. The summed E-state index contributed by atoms with van der Waals surface area (Å²) in [5.41, 5.74) is 0. The van der Waals surface area contributed by atoms with Gasteiger partial charge in [0.15, 0.2) is 12.2 Å². The molecule has 6 atom stereocenters. The lowest BCUT2D eigenvalue weighted by molar-refractivity contribution is -0.161. The summed E-state index contributed by atoms with van der Waals surface area (Å²) < 4.78 is 69.0. The number of carbonyl (C=O) groups excluding carboxylic acids is 4. The number of phosphoric acid groups is 2. The van der Waals surface area contributed by atoms with Gasteiger partial charge in [0.25, 0.3) is 0 Å². The van der Waals surface area contributed by atoms with E-state index in [0.29, 0.717) is 25.7 Å². The fourth-order valence-corrected chi connectivity index (χ4v) is 15.3. The molecule has 107 heavy (non-hydrogen) atoms. The van der Waals surface area contributed by atoms with Crippen LogP contribution in [-0.2, 0) is 65.4 Å². The van der Waals surface area contributed by atoms with E-state index in [1.165, 1.54) is 289 Å². The number of carbonyl (C=O) groups is 4. The first kappa shape index (κ1) is 105. The summed E-state index contributed by atoms with van der Waals surface area (Å²) in [6, 6.07) is 0. The standard InChI is InChI=1S/C88H172O17P2/c1-7-10-12-14-16-18-20-22-23-24-25-26-27-28-33-37-41-48-54-60-66-72-87(92)104-83(76-99-86(91)71-65-59-53-47-40-36-32-30-29-31-35-38-44-50-56-62-68-80(4)5)78-102-106(94,95)100-74-82(89)75-101-107(96,97)103-79-84(77-98-85(90)70-64-58-52-46-39-34-21-19-17-15-13-11-8-2)105-88(93)73-67-61-55-49-43-42-45-51-57-63-69-81(6)9-3/h80-84,89H,7-79H2,1-6H3,(H,94,95)(H,96,97)/t81?,82-,83-,84-/m1/s1. The van der Waals surface area contributed by atoms with Gasteiger partial charge in [0.05, 0.1) is 26.4 Å². The van der Waals surface area contributed by atoms with Crippen molar-refractivity contribution in [2.45, 2.75) is 490 Å². The molecule has 0 bridgehead atoms. The van der Waals surface area contributed by atoms with Gasteiger partial charge in [-0.1, -0.05) is 420 Å². The Bertz CT molecular complexity index is 2050. The van der Waals surface area contributed by atoms with Gasteiger partial charge < -0.3 is 33.8 Å². The average Bonchev–Trinajstić information content (AvgIpc) is 0.903. The van der Waals surface area contributed by atoms with E-state index in [0.717, 1.165) is 102 Å². The SMILES string of the molecule is CCCCCCCCCCCCCCCCCCCCCCCC(=O)O[C@H](COC(=O)CCCCCCCCCCCCCCCCCCC(C)C)COP(=O)(O)OC[C@@H](O)COP(=O)(O)OC[C@@H](COC(=O)CCCCCCCCCCCCCCC)OC(=O)CCCCCCCCCCCCC(C)CC. The molecule has 0 amide bonds. The summed E-state index contributed by atoms with van der Waals surface area (Å²) >= 11 is 0. The molecule has 0 aliphatic carbocycles. The molecule has 19 heteroatoms. The summed E-state index contributed by atoms with van der Waals surface area (Å²) in [5.74, 6) is -0.483. The maximum atomic E-state index is 13.2. The van der Waals surface area contributed by atoms with Crippen molar-refractivity contribution in [3.05, 3.63) is 0 Å². The molecule has 636 valence electrons. The number of hydrogen-bond acceptors (Lipinski definition) is 15. The maximum absolute atomic E-state index is 13.2. The highest BCUT2D eigenvalue weighted by Gasteiger charge is 2.31. The zero-order valence-corrected chi connectivity index (χ0v) is 72.2. The quantitative estimate of drug-likeness (QED) is 0.0222. The highest BCUT2D eigenvalue weighted by atomic mass is 31.2. The van der Waals surface area contributed by atoms with E-state index in [9.17, 15) is 43.2 Å². The van der Waals surface area contributed by atoms with E-state index >= 15 is 0 Å². The van der Waals surface area contributed by atoms with Crippen LogP contribution < -0.4 is 0 Å². The minimum atomic E-state index is -4.97. The molecule has 0 fully saturated rings. The number of unbranched alkanes of at least 4 members (excludes halogenated alkanes) is 56. The molecule has 0 aliphatic heterocycles. The van der Waals surface area contributed by atoms with Crippen LogP contribution in [0.2, 0.25) is 0 Å². The third-order valence-corrected chi connectivity index (χ3v) is 23.0. The third-order valence-electron chi connectivity index (χ3n) is 21.1. The second-order valence-electron chi connectivity index (χ2n) is 32.4. The molecule has 3 N–H and O–H groups in total. The van der Waals surface area contributed by atoms with Gasteiger partial charge in [-0.05, 0) is 37.5 Å². The van der Waals surface area contributed by atoms with E-state index < -0.39 is 97.5 Å². The van der Waals surface area contributed by atoms with Gasteiger partial charge in [-0.15, -0.1) is 0 Å². The van der Waals surface area contributed by atoms with Gasteiger partial charge in [-0.3, -0.25) is 37.3 Å². The monoisotopic (exact) mass is 1560 g/mol. The van der Waals surface area contributed by atoms with Gasteiger partial charge in [-0.25, -0.2) is 9.13 Å². The Morgan fingerprint density at radius 1 is 0.271 bits per heavy atom. The Morgan fingerprint density at radius 2 is 0.477 bits per heavy atom. The average molecular weight is 1560 g/mol. The third kappa shape index (κ3) is 80.5. The Kier molecular flexibility index (Phi) is 77.9. The van der Waals surface area contributed by atoms with Gasteiger partial charge >= 0.3 is 39.5 Å². The van der Waals surface area contributed by atoms with Crippen molar-refractivity contribution in [2.75, 3.05) is 39.6 Å². The van der Waals surface area contributed by atoms with Crippen LogP contribution in [0.25, 0.3) is 0 Å². The number of aliphatic hydroxyl groups is 1. The van der Waals surface area contributed by atoms with Crippen LogP contribution in [-0.4, -0.2) is 96.7 Å². The molecule has 3 unspecified atom stereocenters. The fraction of sp³-hybridized carbons (Fsp3) is 0.955. The highest BCUT2D eigenvalue weighted by Crippen LogP contribution is 2.45. The molecule has 0 aromatic carbocycles. The molecule has 0 saturated heterocycles. The van der Waals surface area contributed by atoms with Crippen molar-refractivity contribution in [3.63, 3.8) is 0 Å². The minimum absolute atomic E-state index is 0.107. The molecule has 0 heterocycles. The Balaban J connectivity index is 5.25. The molecule has 0 saturated carbocycles. The first-order chi connectivity index (χ1) is 51.9. The zero-order valence-electron chi connectivity index (χ0n) is 70.5. The van der Waals surface area contributed by atoms with Gasteiger partial charge in [0.1, 0.15) is 19.3 Å². The lowest BCUT2D eigenvalue weighted by Gasteiger charge is -2.21. The van der Waals surface area contributed by atoms with Crippen LogP contribution in [0, 0.1) is 11.8 Å². The molecule has 17 nitrogen and oxygen atoms in total. The van der Waals surface area contributed by atoms with Crippen LogP contribution in [0.3, 0.4) is 0 Å². The predicted molar refractivity (Wildman–Crippen MR) is 442 cm³/mol. The van der Waals surface area contributed by atoms with Crippen LogP contribution in [0.15, 0.2) is 0 Å². The number of hydrogen-bond donors (Lipinski definition) is 3. The van der Waals surface area contributed by atoms with E-state index in [2.05, 4.69) is 41.5 Å². The van der Waals surface area contributed by atoms with Crippen LogP contribution in [0.4, 0.5) is 0 Å². The van der Waals surface area contributed by atoms with Crippen molar-refractivity contribution >= 4 is 39.5 Å². The summed E-state index contributed by atoms with van der Waals surface area (Å²) in [7, 11) is -9.93. The molecule has 0 aromatic heterocycles. The number of rotatable bonds is 87. The second-order valence-corrected chi connectivity index (χ2v) is 35.3. The molecule has 0 spiro atoms. The van der Waals surface area contributed by atoms with E-state index in [-0.39, 0.29) is 25.7 Å². The van der Waals surface area contributed by atoms with Crippen LogP contribution >= 0.6 is 15.6 Å². The number of aliphatic hydroxyl groups excluding tert-OH is 1. The highest BCUT2D eigenvalue weighted by molar-refractivity contribution is 7.47. The number of phosphoric ester groups is 2. The Hall–Kier alpha value is -1.94. The molecular weight excluding hydrogens is 1390 g/mol. The Labute approximate surface area is 658 Å². The Morgan fingerprint density at radius 3 is 0.710 bits per heavy atom. The van der Waals surface area contributed by atoms with Crippen LogP contribution in [0.5, 0.6) is 0 Å². The number of esters is 4. The summed E-state index contributed by atoms with van der Waals surface area (Å²) in [5, 5.41) is 10.7. The van der Waals surface area contributed by atoms with E-state index in [1.54, 1.807) is 0 Å². The summed E-state index contributed by atoms with van der Waals surface area (Å²) in [4.78, 5) is 73.3. The normalized spacial score (nSPS) is 14.0. The van der Waals surface area contributed by atoms with Crippen molar-refractivity contribution < 1.29 is 80.2 Å². The van der Waals surface area contributed by atoms with Gasteiger partial charge in [0.2, 0.25) is 0 Å². The van der Waals surface area contributed by atoms with Crippen molar-refractivity contribution in [1.82, 2.24) is 0 Å². The first-order valence-corrected chi connectivity index (χ1v) is 48.5. The van der Waals surface area contributed by atoms with Gasteiger partial charge in [0, 0.05) is 25.7 Å². The van der Waals surface area contributed by atoms with Crippen molar-refractivity contribution in [1.29, 1.82) is 0 Å². The van der Waals surface area contributed by atoms with E-state index in [4.69, 9.17) is 37.0 Å². The van der Waals surface area contributed by atoms with Crippen LogP contribution in [0.1, 0.15) is 472 Å². The molecule has 0 radical (unpaired) electrons. The topological polar surface area (TPSA) is 237 Å². The summed E-state index contributed by atoms with van der Waals surface area (Å²) in [6.45, 7) is 9.74. The smallest absolute Gasteiger partial charge is 0.462 e. The largest absolute Gasteiger partial charge is 0.472 e. The van der Waals surface area contributed by atoms with E-state index in [1.807, 2.05) is 0 Å². The molecule has 0 aromatic rings. The minimum Gasteiger partial charge on any atom is -0.462 e. The fourth-order valence-electron chi connectivity index (χ4n) is 13.7. The van der Waals surface area contributed by atoms with Crippen molar-refractivity contribution in [3.8, 4) is 0 Å². The number of ether oxygens (including phenoxy) is 4. The molecular formula is C88H172O17P2. The molecule has 0 rings (SSSR count). The first-order valence-electron chi connectivity index (χ1n) is 45.5. The maximum Gasteiger partial charge on any atom is 0.472 e. The van der Waals surface area contributed by atoms with Gasteiger partial charge in [-0.2, -0.15) is 0 Å². The lowest BCUT2D eigenvalue weighted by atomic mass is 9.99. The zero-order chi connectivity index (χ0) is 78.5. The second kappa shape index (κ2) is 79.3. The molecule has 0 aliphatic rings. The summed E-state index contributed by atoms with van der Waals surface area (Å²) in [6.07, 6.45) is 72.1. The predicted octanol–water partition coefficient (Wildman–Crippen LogP) is 27.0.